The van der Waals surface area contributed by atoms with Crippen LogP contribution >= 0.6 is 0 Å². The predicted molar refractivity (Wildman–Crippen MR) is 127 cm³/mol. The Balaban J connectivity index is 1.55. The number of pyridine rings is 2. The molecule has 5 rings (SSSR count). The summed E-state index contributed by atoms with van der Waals surface area (Å²) < 4.78 is 0. The number of piperidine rings is 1. The molecule has 5 heterocycles. The average molecular weight is 473 g/mol. The van der Waals surface area contributed by atoms with E-state index < -0.39 is 6.10 Å². The van der Waals surface area contributed by atoms with E-state index in [2.05, 4.69) is 19.8 Å². The largest absolute Gasteiger partial charge is 0.394 e. The Kier molecular flexibility index (Phi) is 5.74. The zero-order valence-electron chi connectivity index (χ0n) is 19.4. The van der Waals surface area contributed by atoms with Crippen LogP contribution in [0.3, 0.4) is 0 Å². The van der Waals surface area contributed by atoms with Gasteiger partial charge in [-0.1, -0.05) is 0 Å². The number of aliphatic hydroxyl groups is 1. The third-order valence-corrected chi connectivity index (χ3v) is 6.48. The normalized spacial score (nSPS) is 17.3. The van der Waals surface area contributed by atoms with E-state index in [4.69, 9.17) is 11.6 Å². The van der Waals surface area contributed by atoms with Crippen LogP contribution in [0.5, 0.6) is 0 Å². The first-order valence-electron chi connectivity index (χ1n) is 11.4. The third kappa shape index (κ3) is 4.02. The molecule has 178 valence electrons. The van der Waals surface area contributed by atoms with Gasteiger partial charge in [-0.05, 0) is 31.9 Å². The molecule has 0 aromatic carbocycles. The number of fused-ring (bicyclic) bond motifs is 3. The van der Waals surface area contributed by atoms with Crippen LogP contribution in [-0.4, -0.2) is 79.1 Å². The molecule has 0 bridgehead atoms. The maximum absolute atomic E-state index is 13.4. The van der Waals surface area contributed by atoms with Crippen molar-refractivity contribution in [2.45, 2.75) is 38.5 Å². The molecule has 11 heteroatoms. The van der Waals surface area contributed by atoms with E-state index >= 15 is 0 Å². The lowest BCUT2D eigenvalue weighted by Crippen LogP contribution is -2.55. The van der Waals surface area contributed by atoms with Crippen LogP contribution in [0.15, 0.2) is 30.7 Å². The second-order valence-electron chi connectivity index (χ2n) is 8.82. The topological polar surface area (TPSA) is 120 Å². The maximum atomic E-state index is 13.4. The van der Waals surface area contributed by atoms with E-state index in [1.807, 2.05) is 12.1 Å². The molecule has 0 spiro atoms. The van der Waals surface area contributed by atoms with Crippen LogP contribution in [0.2, 0.25) is 0 Å². The molecule has 1 saturated heterocycles. The molecule has 1 N–H and O–H groups in total. The number of aliphatic hydroxyl groups excluding tert-OH is 1. The fourth-order valence-corrected chi connectivity index (χ4v) is 4.70. The van der Waals surface area contributed by atoms with Crippen LogP contribution in [0.25, 0.3) is 27.1 Å². The van der Waals surface area contributed by atoms with Crippen LogP contribution < -0.4 is 4.90 Å². The minimum atomic E-state index is -1.04. The number of amides is 3. The fourth-order valence-electron chi connectivity index (χ4n) is 4.70. The highest BCUT2D eigenvalue weighted by molar-refractivity contribution is 6.04. The third-order valence-electron chi connectivity index (χ3n) is 6.48. The van der Waals surface area contributed by atoms with E-state index in [0.29, 0.717) is 54.8 Å². The molecule has 0 saturated carbocycles. The molecule has 35 heavy (non-hydrogen) atoms. The summed E-state index contributed by atoms with van der Waals surface area (Å²) in [5.74, 6) is -0.229. The summed E-state index contributed by atoms with van der Waals surface area (Å²) in [7, 11) is 1.76. The van der Waals surface area contributed by atoms with Gasteiger partial charge >= 0.3 is 12.0 Å². The Morgan fingerprint density at radius 1 is 1.17 bits per heavy atom. The zero-order valence-corrected chi connectivity index (χ0v) is 19.4. The molecular formula is C24H24N8O3. The van der Waals surface area contributed by atoms with E-state index in [-0.39, 0.29) is 23.9 Å². The number of hydrogen-bond donors (Lipinski definition) is 1. The van der Waals surface area contributed by atoms with Crippen LogP contribution in [0.4, 0.5) is 16.4 Å². The van der Waals surface area contributed by atoms with Crippen LogP contribution in [0.1, 0.15) is 25.3 Å². The van der Waals surface area contributed by atoms with Gasteiger partial charge in [0.1, 0.15) is 11.6 Å². The summed E-state index contributed by atoms with van der Waals surface area (Å²) in [6.45, 7) is 9.85. The summed E-state index contributed by atoms with van der Waals surface area (Å²) in [5, 5.41) is 9.66. The lowest BCUT2D eigenvalue weighted by Gasteiger charge is -2.43. The number of rotatable bonds is 3. The van der Waals surface area contributed by atoms with Gasteiger partial charge in [0.2, 0.25) is 0 Å². The summed E-state index contributed by atoms with van der Waals surface area (Å²) >= 11 is 0. The molecule has 2 aliphatic heterocycles. The monoisotopic (exact) mass is 472 g/mol. The highest BCUT2D eigenvalue weighted by atomic mass is 16.3. The van der Waals surface area contributed by atoms with E-state index in [9.17, 15) is 14.7 Å². The van der Waals surface area contributed by atoms with Crippen molar-refractivity contribution >= 4 is 34.6 Å². The number of carbonyl (C=O) groups is 2. The van der Waals surface area contributed by atoms with E-state index in [1.54, 1.807) is 40.3 Å². The van der Waals surface area contributed by atoms with Crippen molar-refractivity contribution in [3.63, 3.8) is 0 Å². The predicted octanol–water partition coefficient (Wildman–Crippen LogP) is 2.38. The standard InChI is InChI=1S/C24H24N8O3/c1-14(33)22(34)31-8-6-17(7-9-31)32-21-16(13-30(3)24(32)35)12-26-19-5-4-18(29-20(19)21)15-10-27-23(25-2)28-11-15/h4-5,10-12,14,17,33H,6-9,13H2,1,3H3/t14-/m0/s1. The summed E-state index contributed by atoms with van der Waals surface area (Å²) in [6.07, 6.45) is 5.04. The summed E-state index contributed by atoms with van der Waals surface area (Å²) in [4.78, 5) is 51.5. The van der Waals surface area contributed by atoms with Crippen molar-refractivity contribution in [1.29, 1.82) is 0 Å². The fraction of sp³-hybridized carbons (Fsp3) is 0.375. The number of anilines is 1. The summed E-state index contributed by atoms with van der Waals surface area (Å²) in [5.41, 5.74) is 4.18. The molecular weight excluding hydrogens is 448 g/mol. The zero-order chi connectivity index (χ0) is 24.7. The van der Waals surface area contributed by atoms with Gasteiger partial charge in [0.25, 0.3) is 5.91 Å². The lowest BCUT2D eigenvalue weighted by molar-refractivity contribution is -0.140. The first-order valence-corrected chi connectivity index (χ1v) is 11.4. The average Bonchev–Trinajstić information content (AvgIpc) is 2.89. The first kappa shape index (κ1) is 22.6. The quantitative estimate of drug-likeness (QED) is 0.581. The molecule has 1 fully saturated rings. The van der Waals surface area contributed by atoms with Gasteiger partial charge in [-0.2, -0.15) is 9.97 Å². The van der Waals surface area contributed by atoms with Gasteiger partial charge in [-0.3, -0.25) is 14.7 Å². The second-order valence-corrected chi connectivity index (χ2v) is 8.82. The molecule has 3 aromatic heterocycles. The van der Waals surface area contributed by atoms with Gasteiger partial charge in [0.05, 0.1) is 41.4 Å². The molecule has 0 aliphatic carbocycles. The number of aromatic nitrogens is 4. The van der Waals surface area contributed by atoms with Gasteiger partial charge in [0, 0.05) is 37.9 Å². The van der Waals surface area contributed by atoms with Gasteiger partial charge in [-0.15, -0.1) is 6.57 Å². The van der Waals surface area contributed by atoms with Crippen molar-refractivity contribution < 1.29 is 14.7 Å². The molecule has 3 aromatic rings. The molecule has 0 radical (unpaired) electrons. The SMILES string of the molecule is [C-]#[N+]c1ncc(-c2ccc3ncc4c(c3n2)N(C2CCN(C(=O)[C@H](C)O)CC2)C(=O)N(C)C4)cn1. The Bertz CT molecular complexity index is 1340. The molecule has 2 aliphatic rings. The Morgan fingerprint density at radius 2 is 1.89 bits per heavy atom. The number of hydrogen-bond acceptors (Lipinski definition) is 7. The second kappa shape index (κ2) is 8.88. The van der Waals surface area contributed by atoms with Crippen LogP contribution in [0, 0.1) is 6.57 Å². The highest BCUT2D eigenvalue weighted by Gasteiger charge is 2.38. The number of carbonyl (C=O) groups excluding carboxylic acids is 2. The van der Waals surface area contributed by atoms with Crippen LogP contribution in [-0.2, 0) is 11.3 Å². The van der Waals surface area contributed by atoms with Gasteiger partial charge in [0.15, 0.2) is 0 Å². The number of urea groups is 1. The summed E-state index contributed by atoms with van der Waals surface area (Å²) in [6, 6.07) is 3.42. The smallest absolute Gasteiger partial charge is 0.371 e. The minimum absolute atomic E-state index is 0.0637. The van der Waals surface area contributed by atoms with Crippen molar-refractivity contribution in [2.24, 2.45) is 0 Å². The van der Waals surface area contributed by atoms with Crippen molar-refractivity contribution in [2.75, 3.05) is 25.0 Å². The highest BCUT2D eigenvalue weighted by Crippen LogP contribution is 2.37. The molecule has 11 nitrogen and oxygen atoms in total. The lowest BCUT2D eigenvalue weighted by atomic mass is 9.99. The van der Waals surface area contributed by atoms with Crippen molar-refractivity contribution in [3.8, 4) is 11.3 Å². The first-order chi connectivity index (χ1) is 16.9. The molecule has 1 atom stereocenters. The minimum Gasteiger partial charge on any atom is -0.394 e. The Morgan fingerprint density at radius 3 is 2.54 bits per heavy atom. The molecule has 0 unspecified atom stereocenters. The number of likely N-dealkylation sites (tertiary alicyclic amines) is 1. The Hall–Kier alpha value is -4.17. The Labute approximate surface area is 201 Å². The van der Waals surface area contributed by atoms with Crippen molar-refractivity contribution in [3.05, 3.63) is 47.7 Å². The van der Waals surface area contributed by atoms with E-state index in [1.165, 1.54) is 6.92 Å². The van der Waals surface area contributed by atoms with Gasteiger partial charge < -0.3 is 19.8 Å². The van der Waals surface area contributed by atoms with Crippen molar-refractivity contribution in [1.82, 2.24) is 29.7 Å². The van der Waals surface area contributed by atoms with E-state index in [0.717, 1.165) is 11.3 Å². The maximum Gasteiger partial charge on any atom is 0.371 e. The number of nitrogens with zero attached hydrogens (tertiary/aromatic N) is 8. The molecule has 3 amide bonds. The van der Waals surface area contributed by atoms with Gasteiger partial charge in [-0.25, -0.2) is 9.78 Å².